The SMILES string of the molecule is C=Cc1c(C=C)n(-c2ccc(-c3ccc4c(c3)C3(c5ccccc5-c5ccccc53)c3nc(-c5ccccc5)nc(-c5cccc6ccccc56)c3-4)cc2)c2ccccc12. The minimum atomic E-state index is -0.677. The monoisotopic (exact) mass is 763 g/mol. The molecule has 0 atom stereocenters. The summed E-state index contributed by atoms with van der Waals surface area (Å²) in [5.41, 5.74) is 18.4. The van der Waals surface area contributed by atoms with Gasteiger partial charge in [0.15, 0.2) is 5.82 Å². The van der Waals surface area contributed by atoms with Crippen LogP contribution < -0.4 is 0 Å². The van der Waals surface area contributed by atoms with Crippen molar-refractivity contribution in [1.29, 1.82) is 0 Å². The quantitative estimate of drug-likeness (QED) is 0.169. The van der Waals surface area contributed by atoms with Gasteiger partial charge >= 0.3 is 0 Å². The van der Waals surface area contributed by atoms with E-state index in [0.717, 1.165) is 78.4 Å². The fourth-order valence-corrected chi connectivity index (χ4v) is 10.3. The molecule has 2 aliphatic rings. The van der Waals surface area contributed by atoms with Gasteiger partial charge in [-0.3, -0.25) is 0 Å². The van der Waals surface area contributed by atoms with Crippen LogP contribution >= 0.6 is 0 Å². The van der Waals surface area contributed by atoms with Crippen LogP contribution in [-0.4, -0.2) is 14.5 Å². The zero-order valence-electron chi connectivity index (χ0n) is 32.8. The van der Waals surface area contributed by atoms with Crippen LogP contribution in [0.15, 0.2) is 201 Å². The summed E-state index contributed by atoms with van der Waals surface area (Å²) in [6.45, 7) is 8.33. The largest absolute Gasteiger partial charge is 0.309 e. The summed E-state index contributed by atoms with van der Waals surface area (Å²) < 4.78 is 2.28. The highest BCUT2D eigenvalue weighted by Gasteiger charge is 2.54. The number of nitrogens with zero attached hydrogens (tertiary/aromatic N) is 3. The molecular weight excluding hydrogens is 727 g/mol. The summed E-state index contributed by atoms with van der Waals surface area (Å²) in [5.74, 6) is 0.721. The number of para-hydroxylation sites is 1. The van der Waals surface area contributed by atoms with Crippen LogP contribution in [0.3, 0.4) is 0 Å². The molecule has 2 aromatic heterocycles. The van der Waals surface area contributed by atoms with Crippen LogP contribution in [0.1, 0.15) is 33.6 Å². The molecular formula is C57H37N3. The molecule has 0 unspecified atom stereocenters. The van der Waals surface area contributed by atoms with Crippen LogP contribution in [0.2, 0.25) is 0 Å². The van der Waals surface area contributed by atoms with E-state index >= 15 is 0 Å². The molecule has 0 fully saturated rings. The number of hydrogen-bond donors (Lipinski definition) is 0. The normalized spacial score (nSPS) is 12.9. The Bertz CT molecular complexity index is 3350. The lowest BCUT2D eigenvalue weighted by Gasteiger charge is -2.30. The van der Waals surface area contributed by atoms with E-state index < -0.39 is 5.41 Å². The molecule has 0 saturated carbocycles. The molecule has 0 radical (unpaired) electrons. The van der Waals surface area contributed by atoms with Crippen LogP contribution in [-0.2, 0) is 5.41 Å². The van der Waals surface area contributed by atoms with Crippen LogP contribution in [0.5, 0.6) is 0 Å². The Kier molecular flexibility index (Phi) is 7.45. The predicted octanol–water partition coefficient (Wildman–Crippen LogP) is 14.2. The van der Waals surface area contributed by atoms with Crippen molar-refractivity contribution >= 4 is 33.8 Å². The van der Waals surface area contributed by atoms with Gasteiger partial charge in [-0.1, -0.05) is 183 Å². The van der Waals surface area contributed by atoms with E-state index in [0.29, 0.717) is 0 Å². The fourth-order valence-electron chi connectivity index (χ4n) is 10.3. The third-order valence-electron chi connectivity index (χ3n) is 12.8. The third kappa shape index (κ3) is 4.66. The Labute approximate surface area is 348 Å². The fraction of sp³-hybridized carbons (Fsp3) is 0.0175. The lowest BCUT2D eigenvalue weighted by molar-refractivity contribution is 0.758. The first-order chi connectivity index (χ1) is 29.7. The van der Waals surface area contributed by atoms with Gasteiger partial charge < -0.3 is 4.57 Å². The average Bonchev–Trinajstić information content (AvgIpc) is 3.92. The second kappa shape index (κ2) is 13.1. The molecule has 280 valence electrons. The minimum Gasteiger partial charge on any atom is -0.309 e. The van der Waals surface area contributed by atoms with Gasteiger partial charge in [-0.25, -0.2) is 9.97 Å². The second-order valence-electron chi connectivity index (χ2n) is 15.7. The summed E-state index contributed by atoms with van der Waals surface area (Å²) in [6.07, 6.45) is 3.86. The Hall–Kier alpha value is -7.88. The molecule has 3 heteroatoms. The minimum absolute atomic E-state index is 0.677. The van der Waals surface area contributed by atoms with E-state index in [1.165, 1.54) is 38.6 Å². The van der Waals surface area contributed by atoms with Crippen LogP contribution in [0.25, 0.3) is 95.5 Å². The van der Waals surface area contributed by atoms with E-state index in [1.807, 2.05) is 12.2 Å². The standard InChI is InChI=1S/C57H37N3/c1-3-41-45-24-12-15-28-52(45)60(51(41)4-2)40-32-29-36(30-33-40)39-31-34-47-50(35-39)57(48-26-13-10-22-43(48)44-23-11-14-27-49(44)57)55-53(47)54(58-56(59-55)38-18-6-5-7-19-38)46-25-16-20-37-17-8-9-21-42(37)46/h3-35H,1-2H2. The summed E-state index contributed by atoms with van der Waals surface area (Å²) in [4.78, 5) is 11.2. The zero-order chi connectivity index (χ0) is 40.0. The molecule has 0 N–H and O–H groups in total. The van der Waals surface area contributed by atoms with Crippen molar-refractivity contribution in [2.75, 3.05) is 0 Å². The lowest BCUT2D eigenvalue weighted by atomic mass is 9.72. The van der Waals surface area contributed by atoms with Crippen LogP contribution in [0.4, 0.5) is 0 Å². The first-order valence-electron chi connectivity index (χ1n) is 20.5. The van der Waals surface area contributed by atoms with Gasteiger partial charge in [0, 0.05) is 33.3 Å². The predicted molar refractivity (Wildman–Crippen MR) is 249 cm³/mol. The van der Waals surface area contributed by atoms with Crippen molar-refractivity contribution in [2.45, 2.75) is 5.41 Å². The summed E-state index contributed by atoms with van der Waals surface area (Å²) in [6, 6.07) is 67.9. The highest BCUT2D eigenvalue weighted by Crippen LogP contribution is 2.64. The number of rotatable bonds is 6. The van der Waals surface area contributed by atoms with E-state index in [-0.39, 0.29) is 0 Å². The van der Waals surface area contributed by atoms with Gasteiger partial charge in [0.25, 0.3) is 0 Å². The highest BCUT2D eigenvalue weighted by atomic mass is 15.0. The molecule has 1 spiro atoms. The molecule has 0 saturated heterocycles. The van der Waals surface area contributed by atoms with E-state index in [2.05, 4.69) is 206 Å². The van der Waals surface area contributed by atoms with Gasteiger partial charge in [-0.05, 0) is 85.6 Å². The molecule has 2 heterocycles. The lowest BCUT2D eigenvalue weighted by Crippen LogP contribution is -2.27. The number of aromatic nitrogens is 3. The molecule has 12 rings (SSSR count). The molecule has 8 aromatic carbocycles. The topological polar surface area (TPSA) is 30.7 Å². The smallest absolute Gasteiger partial charge is 0.160 e. The number of fused-ring (bicyclic) bond motifs is 12. The van der Waals surface area contributed by atoms with Crippen molar-refractivity contribution in [3.05, 3.63) is 235 Å². The summed E-state index contributed by atoms with van der Waals surface area (Å²) >= 11 is 0. The van der Waals surface area contributed by atoms with Crippen LogP contribution in [0, 0.1) is 0 Å². The van der Waals surface area contributed by atoms with E-state index in [4.69, 9.17) is 9.97 Å². The summed E-state index contributed by atoms with van der Waals surface area (Å²) in [7, 11) is 0. The Morgan fingerprint density at radius 1 is 0.467 bits per heavy atom. The van der Waals surface area contributed by atoms with Gasteiger partial charge in [-0.15, -0.1) is 0 Å². The van der Waals surface area contributed by atoms with Crippen molar-refractivity contribution in [1.82, 2.24) is 14.5 Å². The molecule has 0 aliphatic heterocycles. The van der Waals surface area contributed by atoms with E-state index in [1.54, 1.807) is 0 Å². The highest BCUT2D eigenvalue weighted by molar-refractivity contribution is 6.04. The molecule has 60 heavy (non-hydrogen) atoms. The number of hydrogen-bond acceptors (Lipinski definition) is 2. The van der Waals surface area contributed by atoms with Crippen molar-refractivity contribution in [2.24, 2.45) is 0 Å². The maximum atomic E-state index is 5.71. The molecule has 0 amide bonds. The summed E-state index contributed by atoms with van der Waals surface area (Å²) in [5, 5.41) is 3.51. The maximum absolute atomic E-state index is 5.71. The molecule has 0 bridgehead atoms. The molecule has 3 nitrogen and oxygen atoms in total. The van der Waals surface area contributed by atoms with Crippen molar-refractivity contribution in [3.8, 4) is 61.7 Å². The zero-order valence-corrected chi connectivity index (χ0v) is 32.8. The Balaban J connectivity index is 1.13. The Morgan fingerprint density at radius 3 is 1.85 bits per heavy atom. The number of benzene rings is 8. The van der Waals surface area contributed by atoms with Gasteiger partial charge in [0.1, 0.15) is 0 Å². The maximum Gasteiger partial charge on any atom is 0.160 e. The van der Waals surface area contributed by atoms with Crippen molar-refractivity contribution in [3.63, 3.8) is 0 Å². The van der Waals surface area contributed by atoms with Gasteiger partial charge in [0.05, 0.1) is 28.0 Å². The van der Waals surface area contributed by atoms with Crippen molar-refractivity contribution < 1.29 is 0 Å². The second-order valence-corrected chi connectivity index (χ2v) is 15.7. The molecule has 2 aliphatic carbocycles. The first kappa shape index (κ1) is 34.2. The van der Waals surface area contributed by atoms with Gasteiger partial charge in [-0.2, -0.15) is 0 Å². The first-order valence-corrected chi connectivity index (χ1v) is 20.5. The van der Waals surface area contributed by atoms with E-state index in [9.17, 15) is 0 Å². The van der Waals surface area contributed by atoms with Gasteiger partial charge in [0.2, 0.25) is 0 Å². The Morgan fingerprint density at radius 2 is 1.10 bits per heavy atom. The average molecular weight is 764 g/mol. The molecule has 10 aromatic rings. The third-order valence-corrected chi connectivity index (χ3v) is 12.8.